The number of benzene rings is 1. The molecule has 0 N–H and O–H groups in total. The summed E-state index contributed by atoms with van der Waals surface area (Å²) in [5, 5.41) is 0. The minimum absolute atomic E-state index is 0.0865. The Bertz CT molecular complexity index is 582. The van der Waals surface area contributed by atoms with Gasteiger partial charge in [-0.2, -0.15) is 0 Å². The predicted molar refractivity (Wildman–Crippen MR) is 79.8 cm³/mol. The molecule has 0 aliphatic carbocycles. The second-order valence-electron chi connectivity index (χ2n) is 4.86. The Morgan fingerprint density at radius 3 is 2.50 bits per heavy atom. The molecule has 0 amide bonds. The van der Waals surface area contributed by atoms with Crippen molar-refractivity contribution in [3.8, 4) is 5.75 Å². The summed E-state index contributed by atoms with van der Waals surface area (Å²) in [6.45, 7) is 3.20. The third kappa shape index (κ3) is 5.55. The van der Waals surface area contributed by atoms with Gasteiger partial charge in [-0.3, -0.25) is 4.79 Å². The quantitative estimate of drug-likeness (QED) is 0.458. The molecule has 6 heteroatoms. The third-order valence-electron chi connectivity index (χ3n) is 2.62. The number of ether oxygens (including phenoxy) is 2. The largest absolute Gasteiger partial charge is 0.463 e. The monoisotopic (exact) mass is 309 g/mol. The number of carbonyl (C=O) groups excluding carboxylic acids is 2. The van der Waals surface area contributed by atoms with Crippen LogP contribution in [0.3, 0.4) is 0 Å². The maximum absolute atomic E-state index is 14.1. The molecule has 0 atom stereocenters. The molecule has 0 bridgehead atoms. The van der Waals surface area contributed by atoms with E-state index < -0.39 is 17.8 Å². The first-order valence-corrected chi connectivity index (χ1v) is 6.84. The molecule has 0 aliphatic heterocycles. The zero-order valence-corrected chi connectivity index (χ0v) is 13.2. The maximum Gasteiger partial charge on any atom is 0.335 e. The number of carbonyl (C=O) groups is 2. The van der Waals surface area contributed by atoms with Crippen molar-refractivity contribution in [2.45, 2.75) is 20.3 Å². The topological polar surface area (TPSA) is 55.8 Å². The van der Waals surface area contributed by atoms with E-state index in [4.69, 9.17) is 9.47 Å². The van der Waals surface area contributed by atoms with Crippen molar-refractivity contribution in [1.82, 2.24) is 4.90 Å². The molecule has 0 aliphatic rings. The lowest BCUT2D eigenvalue weighted by molar-refractivity contribution is -0.138. The molecular formula is C16H20FNO4. The molecule has 1 aromatic carbocycles. The van der Waals surface area contributed by atoms with Gasteiger partial charge in [0.15, 0.2) is 0 Å². The van der Waals surface area contributed by atoms with Crippen LogP contribution in [0.25, 0.3) is 0 Å². The normalized spacial score (nSPS) is 11.0. The second kappa shape index (κ2) is 8.17. The second-order valence-corrected chi connectivity index (χ2v) is 4.86. The SMILES string of the molecule is CCOC(=O)/C(=C/N(C)C)Cc1ccc(OC(C)=O)cc1F. The molecule has 1 aromatic rings. The fourth-order valence-corrected chi connectivity index (χ4v) is 1.81. The van der Waals surface area contributed by atoms with E-state index in [0.29, 0.717) is 11.1 Å². The summed E-state index contributed by atoms with van der Waals surface area (Å²) < 4.78 is 23.8. The van der Waals surface area contributed by atoms with Crippen LogP contribution in [0.15, 0.2) is 30.0 Å². The standard InChI is InChI=1S/C16H20FNO4/c1-5-21-16(20)13(10-18(3)4)8-12-6-7-14(9-15(12)17)22-11(2)19/h6-7,9-10H,5,8H2,1-4H3/b13-10+. The Morgan fingerprint density at radius 1 is 1.32 bits per heavy atom. The first-order valence-electron chi connectivity index (χ1n) is 6.84. The minimum Gasteiger partial charge on any atom is -0.463 e. The minimum atomic E-state index is -0.548. The van der Waals surface area contributed by atoms with Crippen LogP contribution < -0.4 is 4.74 Å². The summed E-state index contributed by atoms with van der Waals surface area (Å²) in [5.74, 6) is -1.43. The molecule has 0 saturated heterocycles. The summed E-state index contributed by atoms with van der Waals surface area (Å²) >= 11 is 0. The molecule has 0 aromatic heterocycles. The average molecular weight is 309 g/mol. The maximum atomic E-state index is 14.1. The van der Waals surface area contributed by atoms with Gasteiger partial charge in [0.2, 0.25) is 0 Å². The summed E-state index contributed by atoms with van der Waals surface area (Å²) in [4.78, 5) is 24.4. The number of nitrogens with zero attached hydrogens (tertiary/aromatic N) is 1. The van der Waals surface area contributed by atoms with E-state index in [1.165, 1.54) is 19.1 Å². The van der Waals surface area contributed by atoms with Crippen LogP contribution in [0.2, 0.25) is 0 Å². The van der Waals surface area contributed by atoms with Gasteiger partial charge in [-0.05, 0) is 18.6 Å². The van der Waals surface area contributed by atoms with Crippen molar-refractivity contribution in [1.29, 1.82) is 0 Å². The number of hydrogen-bond donors (Lipinski definition) is 0. The van der Waals surface area contributed by atoms with Crippen molar-refractivity contribution in [3.63, 3.8) is 0 Å². The highest BCUT2D eigenvalue weighted by Crippen LogP contribution is 2.20. The highest BCUT2D eigenvalue weighted by molar-refractivity contribution is 5.88. The third-order valence-corrected chi connectivity index (χ3v) is 2.62. The van der Waals surface area contributed by atoms with E-state index in [0.717, 1.165) is 6.07 Å². The van der Waals surface area contributed by atoms with Crippen molar-refractivity contribution >= 4 is 11.9 Å². The molecular weight excluding hydrogens is 289 g/mol. The van der Waals surface area contributed by atoms with Crippen molar-refractivity contribution in [2.24, 2.45) is 0 Å². The van der Waals surface area contributed by atoms with E-state index in [9.17, 15) is 14.0 Å². The van der Waals surface area contributed by atoms with Crippen molar-refractivity contribution in [3.05, 3.63) is 41.4 Å². The van der Waals surface area contributed by atoms with Gasteiger partial charge in [0.25, 0.3) is 0 Å². The summed E-state index contributed by atoms with van der Waals surface area (Å²) in [5.41, 5.74) is 0.656. The molecule has 0 spiro atoms. The van der Waals surface area contributed by atoms with Gasteiger partial charge in [-0.25, -0.2) is 9.18 Å². The van der Waals surface area contributed by atoms with Gasteiger partial charge in [-0.1, -0.05) is 6.07 Å². The zero-order valence-electron chi connectivity index (χ0n) is 13.2. The van der Waals surface area contributed by atoms with Crippen molar-refractivity contribution in [2.75, 3.05) is 20.7 Å². The van der Waals surface area contributed by atoms with E-state index in [-0.39, 0.29) is 18.8 Å². The van der Waals surface area contributed by atoms with Crippen LogP contribution in [0.4, 0.5) is 4.39 Å². The van der Waals surface area contributed by atoms with Gasteiger partial charge >= 0.3 is 11.9 Å². The molecule has 0 fully saturated rings. The Labute approximate surface area is 129 Å². The molecule has 0 unspecified atom stereocenters. The number of halogens is 1. The van der Waals surface area contributed by atoms with E-state index in [1.807, 2.05) is 0 Å². The molecule has 1 rings (SSSR count). The van der Waals surface area contributed by atoms with Gasteiger partial charge in [0.1, 0.15) is 11.6 Å². The molecule has 0 heterocycles. The Hall–Kier alpha value is -2.37. The smallest absolute Gasteiger partial charge is 0.335 e. The van der Waals surface area contributed by atoms with Crippen LogP contribution in [0.1, 0.15) is 19.4 Å². The average Bonchev–Trinajstić information content (AvgIpc) is 2.40. The van der Waals surface area contributed by atoms with Gasteiger partial charge in [-0.15, -0.1) is 0 Å². The molecule has 22 heavy (non-hydrogen) atoms. The lowest BCUT2D eigenvalue weighted by atomic mass is 10.0. The van der Waals surface area contributed by atoms with E-state index >= 15 is 0 Å². The summed E-state index contributed by atoms with van der Waals surface area (Å²) in [6, 6.07) is 4.09. The molecule has 120 valence electrons. The zero-order chi connectivity index (χ0) is 16.7. The first kappa shape index (κ1) is 17.7. The molecule has 0 radical (unpaired) electrons. The lowest BCUT2D eigenvalue weighted by Crippen LogP contribution is -2.14. The summed E-state index contributed by atoms with van der Waals surface area (Å²) in [7, 11) is 3.53. The van der Waals surface area contributed by atoms with Crippen LogP contribution in [-0.4, -0.2) is 37.5 Å². The Kier molecular flexibility index (Phi) is 6.56. The fourth-order valence-electron chi connectivity index (χ4n) is 1.81. The summed E-state index contributed by atoms with van der Waals surface area (Å²) in [6.07, 6.45) is 1.68. The number of hydrogen-bond acceptors (Lipinski definition) is 5. The van der Waals surface area contributed by atoms with Crippen molar-refractivity contribution < 1.29 is 23.5 Å². The first-order chi connectivity index (χ1) is 10.3. The van der Waals surface area contributed by atoms with Gasteiger partial charge < -0.3 is 14.4 Å². The Balaban J connectivity index is 2.98. The predicted octanol–water partition coefficient (Wildman–Crippen LogP) is 2.30. The van der Waals surface area contributed by atoms with Crippen LogP contribution >= 0.6 is 0 Å². The number of esters is 2. The van der Waals surface area contributed by atoms with Crippen LogP contribution in [0.5, 0.6) is 5.75 Å². The van der Waals surface area contributed by atoms with Crippen LogP contribution in [0, 0.1) is 5.82 Å². The van der Waals surface area contributed by atoms with Gasteiger partial charge in [0.05, 0.1) is 12.2 Å². The van der Waals surface area contributed by atoms with E-state index in [2.05, 4.69) is 0 Å². The van der Waals surface area contributed by atoms with Crippen LogP contribution in [-0.2, 0) is 20.7 Å². The Morgan fingerprint density at radius 2 is 2.00 bits per heavy atom. The highest BCUT2D eigenvalue weighted by atomic mass is 19.1. The molecule has 5 nitrogen and oxygen atoms in total. The highest BCUT2D eigenvalue weighted by Gasteiger charge is 2.15. The number of rotatable bonds is 6. The fraction of sp³-hybridized carbons (Fsp3) is 0.375. The molecule has 0 saturated carbocycles. The lowest BCUT2D eigenvalue weighted by Gasteiger charge is -2.12. The van der Waals surface area contributed by atoms with Gasteiger partial charge in [0, 0.05) is 39.7 Å². The van der Waals surface area contributed by atoms with E-state index in [1.54, 1.807) is 32.1 Å².